The summed E-state index contributed by atoms with van der Waals surface area (Å²) in [5, 5.41) is 5.53. The maximum Gasteiger partial charge on any atom is 0.251 e. The summed E-state index contributed by atoms with van der Waals surface area (Å²) in [5.41, 5.74) is 2.12. The Morgan fingerprint density at radius 1 is 0.900 bits per heavy atom. The molecule has 0 bridgehead atoms. The molecule has 0 aliphatic carbocycles. The van der Waals surface area contributed by atoms with E-state index in [4.69, 9.17) is 0 Å². The smallest absolute Gasteiger partial charge is 0.251 e. The molecule has 0 radical (unpaired) electrons. The topological polar surface area (TPSA) is 95.6 Å². The molecule has 30 heavy (non-hydrogen) atoms. The maximum atomic E-state index is 12.8. The summed E-state index contributed by atoms with van der Waals surface area (Å²) in [6, 6.07) is 13.7. The molecule has 0 atom stereocenters. The van der Waals surface area contributed by atoms with Crippen LogP contribution in [-0.2, 0) is 27.9 Å². The fourth-order valence-corrected chi connectivity index (χ4v) is 4.94. The van der Waals surface area contributed by atoms with Gasteiger partial charge in [0.1, 0.15) is 0 Å². The Morgan fingerprint density at radius 3 is 2.23 bits per heavy atom. The van der Waals surface area contributed by atoms with Crippen molar-refractivity contribution in [1.82, 2.24) is 14.9 Å². The summed E-state index contributed by atoms with van der Waals surface area (Å²) in [6.07, 6.45) is 2.84. The lowest BCUT2D eigenvalue weighted by molar-refractivity contribution is -0.119. The predicted octanol–water partition coefficient (Wildman–Crippen LogP) is 2.43. The van der Waals surface area contributed by atoms with Gasteiger partial charge in [-0.15, -0.1) is 0 Å². The van der Waals surface area contributed by atoms with E-state index < -0.39 is 10.0 Å². The molecule has 2 amide bonds. The van der Waals surface area contributed by atoms with Crippen molar-refractivity contribution in [2.45, 2.75) is 44.2 Å². The van der Waals surface area contributed by atoms with Gasteiger partial charge in [-0.1, -0.05) is 30.7 Å². The van der Waals surface area contributed by atoms with Crippen molar-refractivity contribution in [2.75, 3.05) is 13.1 Å². The third-order valence-electron chi connectivity index (χ3n) is 5.06. The van der Waals surface area contributed by atoms with E-state index in [1.807, 2.05) is 0 Å². The van der Waals surface area contributed by atoms with Gasteiger partial charge in [-0.25, -0.2) is 8.42 Å². The van der Waals surface area contributed by atoms with Gasteiger partial charge in [0.15, 0.2) is 0 Å². The average molecular weight is 430 g/mol. The molecule has 2 N–H and O–H groups in total. The Balaban J connectivity index is 1.61. The quantitative estimate of drug-likeness (QED) is 0.707. The first-order valence-electron chi connectivity index (χ1n) is 10.1. The normalized spacial score (nSPS) is 14.8. The summed E-state index contributed by atoms with van der Waals surface area (Å²) in [4.78, 5) is 23.7. The van der Waals surface area contributed by atoms with Crippen LogP contribution in [0.4, 0.5) is 0 Å². The van der Waals surface area contributed by atoms with E-state index in [1.54, 1.807) is 48.5 Å². The molecule has 1 aliphatic heterocycles. The average Bonchev–Trinajstić information content (AvgIpc) is 2.77. The van der Waals surface area contributed by atoms with E-state index in [0.717, 1.165) is 30.4 Å². The number of hydrogen-bond donors (Lipinski definition) is 2. The van der Waals surface area contributed by atoms with Crippen LogP contribution < -0.4 is 10.6 Å². The highest BCUT2D eigenvalue weighted by Crippen LogP contribution is 2.21. The summed E-state index contributed by atoms with van der Waals surface area (Å²) < 4.78 is 27.2. The van der Waals surface area contributed by atoms with Crippen LogP contribution in [0.2, 0.25) is 0 Å². The molecule has 1 fully saturated rings. The standard InChI is InChI=1S/C22H27N3O4S/c1-17(26)23-15-18-8-10-20(11-9-18)22(27)24-16-19-6-5-7-21(14-19)30(28,29)25-12-3-2-4-13-25/h5-11,14H,2-4,12-13,15-16H2,1H3,(H,23,26)(H,24,27). The number of hydrogen-bond acceptors (Lipinski definition) is 4. The number of amides is 2. The van der Waals surface area contributed by atoms with Crippen molar-refractivity contribution >= 4 is 21.8 Å². The number of carbonyl (C=O) groups excluding carboxylic acids is 2. The fourth-order valence-electron chi connectivity index (χ4n) is 3.36. The third kappa shape index (κ3) is 5.67. The predicted molar refractivity (Wildman–Crippen MR) is 114 cm³/mol. The largest absolute Gasteiger partial charge is 0.352 e. The molecule has 8 heteroatoms. The first-order chi connectivity index (χ1) is 14.4. The number of rotatable bonds is 7. The zero-order valence-electron chi connectivity index (χ0n) is 17.1. The van der Waals surface area contributed by atoms with Crippen molar-refractivity contribution in [3.05, 3.63) is 65.2 Å². The van der Waals surface area contributed by atoms with Gasteiger partial charge in [-0.2, -0.15) is 4.31 Å². The second-order valence-electron chi connectivity index (χ2n) is 7.40. The van der Waals surface area contributed by atoms with E-state index in [9.17, 15) is 18.0 Å². The third-order valence-corrected chi connectivity index (χ3v) is 6.96. The molecular formula is C22H27N3O4S. The maximum absolute atomic E-state index is 12.8. The van der Waals surface area contributed by atoms with Crippen LogP contribution in [0, 0.1) is 0 Å². The number of piperidine rings is 1. The minimum absolute atomic E-state index is 0.110. The van der Waals surface area contributed by atoms with E-state index in [1.165, 1.54) is 11.2 Å². The van der Waals surface area contributed by atoms with Crippen molar-refractivity contribution < 1.29 is 18.0 Å². The van der Waals surface area contributed by atoms with Crippen molar-refractivity contribution in [3.8, 4) is 0 Å². The van der Waals surface area contributed by atoms with Crippen LogP contribution in [-0.4, -0.2) is 37.6 Å². The zero-order valence-corrected chi connectivity index (χ0v) is 17.9. The van der Waals surface area contributed by atoms with Gasteiger partial charge in [-0.05, 0) is 48.2 Å². The van der Waals surface area contributed by atoms with Gasteiger partial charge < -0.3 is 10.6 Å². The number of sulfonamides is 1. The van der Waals surface area contributed by atoms with Crippen molar-refractivity contribution in [2.24, 2.45) is 0 Å². The van der Waals surface area contributed by atoms with Gasteiger partial charge in [0.25, 0.3) is 5.91 Å². The molecule has 1 aliphatic rings. The van der Waals surface area contributed by atoms with Crippen LogP contribution >= 0.6 is 0 Å². The van der Waals surface area contributed by atoms with Crippen LogP contribution in [0.1, 0.15) is 47.7 Å². The molecule has 0 spiro atoms. The van der Waals surface area contributed by atoms with Crippen LogP contribution in [0.25, 0.3) is 0 Å². The molecule has 2 aromatic rings. The highest BCUT2D eigenvalue weighted by Gasteiger charge is 2.25. The second-order valence-corrected chi connectivity index (χ2v) is 9.34. The molecule has 0 aromatic heterocycles. The molecule has 3 rings (SSSR count). The van der Waals surface area contributed by atoms with Gasteiger partial charge in [0, 0.05) is 38.7 Å². The summed E-state index contributed by atoms with van der Waals surface area (Å²) >= 11 is 0. The molecule has 2 aromatic carbocycles. The molecule has 7 nitrogen and oxygen atoms in total. The fraction of sp³-hybridized carbons (Fsp3) is 0.364. The highest BCUT2D eigenvalue weighted by molar-refractivity contribution is 7.89. The Morgan fingerprint density at radius 2 is 1.57 bits per heavy atom. The van der Waals surface area contributed by atoms with E-state index in [0.29, 0.717) is 25.2 Å². The Kier molecular flexibility index (Phi) is 7.23. The highest BCUT2D eigenvalue weighted by atomic mass is 32.2. The monoisotopic (exact) mass is 429 g/mol. The lowest BCUT2D eigenvalue weighted by Crippen LogP contribution is -2.35. The van der Waals surface area contributed by atoms with Gasteiger partial charge >= 0.3 is 0 Å². The second kappa shape index (κ2) is 9.86. The van der Waals surface area contributed by atoms with Crippen molar-refractivity contribution in [1.29, 1.82) is 0 Å². The molecule has 160 valence electrons. The summed E-state index contributed by atoms with van der Waals surface area (Å²) in [7, 11) is -3.50. The van der Waals surface area contributed by atoms with Gasteiger partial charge in [0.05, 0.1) is 4.90 Å². The molecule has 0 unspecified atom stereocenters. The Labute approximate surface area is 177 Å². The lowest BCUT2D eigenvalue weighted by Gasteiger charge is -2.26. The van der Waals surface area contributed by atoms with Gasteiger partial charge in [0.2, 0.25) is 15.9 Å². The van der Waals surface area contributed by atoms with Crippen molar-refractivity contribution in [3.63, 3.8) is 0 Å². The summed E-state index contributed by atoms with van der Waals surface area (Å²) in [5.74, 6) is -0.355. The molecule has 0 saturated carbocycles. The number of benzene rings is 2. The Hall–Kier alpha value is -2.71. The van der Waals surface area contributed by atoms with Crippen LogP contribution in [0.15, 0.2) is 53.4 Å². The number of nitrogens with one attached hydrogen (secondary N) is 2. The Bertz CT molecular complexity index is 997. The molecular weight excluding hydrogens is 402 g/mol. The van der Waals surface area contributed by atoms with E-state index in [2.05, 4.69) is 10.6 Å². The lowest BCUT2D eigenvalue weighted by atomic mass is 10.1. The molecule has 1 saturated heterocycles. The van der Waals surface area contributed by atoms with Crippen LogP contribution in [0.3, 0.4) is 0 Å². The first-order valence-corrected chi connectivity index (χ1v) is 11.5. The minimum atomic E-state index is -3.50. The zero-order chi connectivity index (χ0) is 21.6. The summed E-state index contributed by atoms with van der Waals surface area (Å²) in [6.45, 7) is 3.21. The molecule has 1 heterocycles. The first kappa shape index (κ1) is 22.0. The number of nitrogens with zero attached hydrogens (tertiary/aromatic N) is 1. The van der Waals surface area contributed by atoms with Crippen LogP contribution in [0.5, 0.6) is 0 Å². The number of carbonyl (C=O) groups is 2. The van der Waals surface area contributed by atoms with E-state index in [-0.39, 0.29) is 23.3 Å². The SMILES string of the molecule is CC(=O)NCc1ccc(C(=O)NCc2cccc(S(=O)(=O)N3CCCCC3)c2)cc1. The van der Waals surface area contributed by atoms with E-state index >= 15 is 0 Å². The minimum Gasteiger partial charge on any atom is -0.352 e. The van der Waals surface area contributed by atoms with Gasteiger partial charge in [-0.3, -0.25) is 9.59 Å².